The maximum absolute atomic E-state index is 11.5. The number of carbonyl (C=O) groups is 1. The van der Waals surface area contributed by atoms with Crippen LogP contribution in [0, 0.1) is 0 Å². The van der Waals surface area contributed by atoms with Crippen LogP contribution in [0.5, 0.6) is 0 Å². The molecule has 0 heterocycles. The van der Waals surface area contributed by atoms with Gasteiger partial charge in [0.1, 0.15) is 0 Å². The van der Waals surface area contributed by atoms with Crippen molar-refractivity contribution in [2.75, 3.05) is 6.54 Å². The van der Waals surface area contributed by atoms with Gasteiger partial charge in [-0.05, 0) is 22.7 Å². The summed E-state index contributed by atoms with van der Waals surface area (Å²) in [5, 5.41) is 6.40. The molecule has 0 atom stereocenters. The molecule has 0 saturated carbocycles. The normalized spacial score (nSPS) is 10.0. The van der Waals surface area contributed by atoms with Crippen molar-refractivity contribution < 1.29 is 4.79 Å². The second kappa shape index (κ2) is 6.68. The lowest BCUT2D eigenvalue weighted by atomic mass is 10.1. The van der Waals surface area contributed by atoms with Crippen molar-refractivity contribution in [1.82, 2.24) is 0 Å². The van der Waals surface area contributed by atoms with Crippen molar-refractivity contribution in [2.45, 2.75) is 0 Å². The Balaban J connectivity index is 3.01. The largest absolute Gasteiger partial charge is 0.294 e. The van der Waals surface area contributed by atoms with E-state index in [0.717, 1.165) is 5.56 Å². The summed E-state index contributed by atoms with van der Waals surface area (Å²) in [5.41, 5.74) is 17.1. The fourth-order valence-corrected chi connectivity index (χ4v) is 1.10. The summed E-state index contributed by atoms with van der Waals surface area (Å²) in [6, 6.07) is 8.92. The van der Waals surface area contributed by atoms with Crippen LogP contribution in [0.3, 0.4) is 0 Å². The molecule has 0 spiro atoms. The van der Waals surface area contributed by atoms with Crippen LogP contribution < -0.4 is 0 Å². The summed E-state index contributed by atoms with van der Waals surface area (Å²) >= 11 is 0. The minimum Gasteiger partial charge on any atom is -0.294 e. The third-order valence-corrected chi connectivity index (χ3v) is 1.82. The van der Waals surface area contributed by atoms with Gasteiger partial charge in [0.05, 0.1) is 12.2 Å². The zero-order valence-electron chi connectivity index (χ0n) is 8.76. The molecule has 0 aliphatic heterocycles. The number of hydrogen-bond acceptors (Lipinski definition) is 3. The van der Waals surface area contributed by atoms with Gasteiger partial charge in [-0.25, -0.2) is 0 Å². The van der Waals surface area contributed by atoms with E-state index >= 15 is 0 Å². The summed E-state index contributed by atoms with van der Waals surface area (Å²) in [5.74, 6) is -0.524. The lowest BCUT2D eigenvalue weighted by Crippen LogP contribution is -2.03. The van der Waals surface area contributed by atoms with E-state index in [2.05, 4.69) is 20.1 Å². The Hall–Kier alpha value is -2.75. The Kier molecular flexibility index (Phi) is 4.84. The number of hydrogen-bond donors (Lipinski definition) is 0. The number of Topliss-reactive ketones (excluding diaryl/α,β-unsaturated/α-hetero) is 1. The number of rotatable bonds is 5. The summed E-state index contributed by atoms with van der Waals surface area (Å²) < 4.78 is 0. The van der Waals surface area contributed by atoms with Crippen molar-refractivity contribution in [2.24, 2.45) is 10.2 Å². The van der Waals surface area contributed by atoms with Gasteiger partial charge < -0.3 is 0 Å². The molecule has 0 radical (unpaired) electrons. The van der Waals surface area contributed by atoms with E-state index in [1.807, 2.05) is 6.07 Å². The van der Waals surface area contributed by atoms with Gasteiger partial charge in [-0.2, -0.15) is 0 Å². The van der Waals surface area contributed by atoms with Gasteiger partial charge in [0.15, 0.2) is 5.78 Å². The Labute approximate surface area is 96.6 Å². The fraction of sp³-hybridized carbons (Fsp3) is 0.100. The minimum absolute atomic E-state index is 0.0777. The summed E-state index contributed by atoms with van der Waals surface area (Å²) in [4.78, 5) is 16.5. The third-order valence-electron chi connectivity index (χ3n) is 1.82. The van der Waals surface area contributed by atoms with E-state index in [1.54, 1.807) is 24.3 Å². The molecule has 0 saturated heterocycles. The predicted molar refractivity (Wildman–Crippen MR) is 62.6 cm³/mol. The number of nitrogens with zero attached hydrogens (tertiary/aromatic N) is 6. The van der Waals surface area contributed by atoms with Gasteiger partial charge in [0.2, 0.25) is 0 Å². The summed E-state index contributed by atoms with van der Waals surface area (Å²) in [7, 11) is 0. The molecule has 0 N–H and O–H groups in total. The predicted octanol–water partition coefficient (Wildman–Crippen LogP) is 3.22. The van der Waals surface area contributed by atoms with Crippen LogP contribution in [0.4, 0.5) is 0 Å². The molecule has 7 nitrogen and oxygen atoms in total. The molecule has 0 unspecified atom stereocenters. The molecule has 1 aromatic carbocycles. The second-order valence-corrected chi connectivity index (χ2v) is 2.94. The van der Waals surface area contributed by atoms with Crippen molar-refractivity contribution >= 4 is 11.9 Å². The molecular weight excluding hydrogens is 220 g/mol. The Morgan fingerprint density at radius 3 is 2.53 bits per heavy atom. The molecule has 7 heteroatoms. The highest BCUT2D eigenvalue weighted by atomic mass is 16.1. The summed E-state index contributed by atoms with van der Waals surface area (Å²) in [6.45, 7) is -0.367. The molecule has 1 rings (SSSR count). The topological polar surface area (TPSA) is 115 Å². The van der Waals surface area contributed by atoms with Crippen LogP contribution in [0.2, 0.25) is 0 Å². The zero-order chi connectivity index (χ0) is 12.5. The third kappa shape index (κ3) is 4.09. The molecule has 0 bridgehead atoms. The first-order valence-electron chi connectivity index (χ1n) is 4.64. The first-order chi connectivity index (χ1) is 8.27. The van der Waals surface area contributed by atoms with Gasteiger partial charge in [0.25, 0.3) is 0 Å². The van der Waals surface area contributed by atoms with Crippen LogP contribution in [0.25, 0.3) is 27.0 Å². The van der Waals surface area contributed by atoms with Gasteiger partial charge in [-0.1, -0.05) is 40.6 Å². The molecule has 0 amide bonds. The van der Waals surface area contributed by atoms with Crippen LogP contribution in [-0.4, -0.2) is 12.3 Å². The number of benzene rings is 1. The Morgan fingerprint density at radius 1 is 1.24 bits per heavy atom. The highest BCUT2D eigenvalue weighted by Gasteiger charge is 2.06. The average molecular weight is 228 g/mol. The second-order valence-electron chi connectivity index (χ2n) is 2.94. The first-order valence-corrected chi connectivity index (χ1v) is 4.64. The molecule has 0 fully saturated rings. The molecule has 84 valence electrons. The van der Waals surface area contributed by atoms with Crippen LogP contribution in [-0.2, 0) is 4.79 Å². The van der Waals surface area contributed by atoms with Crippen molar-refractivity contribution in [3.63, 3.8) is 0 Å². The van der Waals surface area contributed by atoms with Gasteiger partial charge >= 0.3 is 0 Å². The van der Waals surface area contributed by atoms with E-state index in [-0.39, 0.29) is 12.2 Å². The highest BCUT2D eigenvalue weighted by Crippen LogP contribution is 2.09. The van der Waals surface area contributed by atoms with E-state index in [4.69, 9.17) is 11.1 Å². The fourth-order valence-electron chi connectivity index (χ4n) is 1.10. The van der Waals surface area contributed by atoms with Crippen LogP contribution in [0.15, 0.2) is 46.3 Å². The van der Waals surface area contributed by atoms with E-state index in [1.165, 1.54) is 6.08 Å². The van der Waals surface area contributed by atoms with Crippen molar-refractivity contribution in [1.29, 1.82) is 0 Å². The molecule has 0 aliphatic rings. The van der Waals surface area contributed by atoms with Gasteiger partial charge in [0, 0.05) is 9.82 Å². The standard InChI is InChI=1S/C10H8N6O/c11-15-13-7-10(17)9(14-16-12)6-8-4-2-1-3-5-8/h1-6H,7H2. The Bertz CT molecular complexity index is 523. The van der Waals surface area contributed by atoms with E-state index < -0.39 is 5.78 Å². The van der Waals surface area contributed by atoms with Crippen molar-refractivity contribution in [3.05, 3.63) is 62.5 Å². The molecule has 1 aromatic rings. The quantitative estimate of drug-likeness (QED) is 0.327. The van der Waals surface area contributed by atoms with E-state index in [9.17, 15) is 4.79 Å². The highest BCUT2D eigenvalue weighted by molar-refractivity contribution is 6.00. The van der Waals surface area contributed by atoms with Gasteiger partial charge in [-0.3, -0.25) is 4.79 Å². The molecule has 17 heavy (non-hydrogen) atoms. The monoisotopic (exact) mass is 228 g/mol. The lowest BCUT2D eigenvalue weighted by molar-refractivity contribution is -0.114. The molecular formula is C10H8N6O. The number of ketones is 1. The summed E-state index contributed by atoms with van der Waals surface area (Å²) in [6.07, 6.45) is 1.44. The van der Waals surface area contributed by atoms with Gasteiger partial charge in [-0.15, -0.1) is 0 Å². The SMILES string of the molecule is [N-]=[N+]=NCC(=O)C(=Cc1ccccc1)N=[N+]=[N-]. The molecule has 0 aromatic heterocycles. The zero-order valence-corrected chi connectivity index (χ0v) is 8.76. The smallest absolute Gasteiger partial charge is 0.171 e. The molecule has 0 aliphatic carbocycles. The van der Waals surface area contributed by atoms with Crippen molar-refractivity contribution in [3.8, 4) is 0 Å². The average Bonchev–Trinajstić information content (AvgIpc) is 2.36. The number of azide groups is 2. The van der Waals surface area contributed by atoms with E-state index in [0.29, 0.717) is 0 Å². The number of carbonyl (C=O) groups excluding carboxylic acids is 1. The maximum Gasteiger partial charge on any atom is 0.171 e. The Morgan fingerprint density at radius 2 is 1.94 bits per heavy atom. The maximum atomic E-state index is 11.5. The lowest BCUT2D eigenvalue weighted by Gasteiger charge is -1.97. The van der Waals surface area contributed by atoms with Crippen LogP contribution >= 0.6 is 0 Å². The van der Waals surface area contributed by atoms with Crippen LogP contribution in [0.1, 0.15) is 5.56 Å². The first kappa shape index (κ1) is 12.3. The minimum atomic E-state index is -0.524.